The summed E-state index contributed by atoms with van der Waals surface area (Å²) in [6.45, 7) is 0. The fourth-order valence-electron chi connectivity index (χ4n) is 0.496. The molecule has 0 radical (unpaired) electrons. The molecule has 0 spiro atoms. The quantitative estimate of drug-likeness (QED) is 0.621. The molecule has 1 aliphatic rings. The van der Waals surface area contributed by atoms with Crippen LogP contribution in [0.5, 0.6) is 0 Å². The first-order chi connectivity index (χ1) is 5.89. The van der Waals surface area contributed by atoms with Crippen LogP contribution >= 0.6 is 0 Å². The summed E-state index contributed by atoms with van der Waals surface area (Å²) in [5.41, 5.74) is 0. The van der Waals surface area contributed by atoms with Gasteiger partial charge in [0.05, 0.1) is 12.4 Å². The minimum Gasteiger partial charge on any atom is -0.139 e. The van der Waals surface area contributed by atoms with Crippen LogP contribution in [0.15, 0.2) is 41.4 Å². The van der Waals surface area contributed by atoms with Crippen LogP contribution in [0.25, 0.3) is 0 Å². The second-order valence-electron chi connectivity index (χ2n) is 1.80. The molecule has 1 aliphatic heterocycles. The summed E-state index contributed by atoms with van der Waals surface area (Å²) >= 11 is 4.86. The molecule has 0 bridgehead atoms. The molecule has 0 saturated carbocycles. The van der Waals surface area contributed by atoms with Crippen LogP contribution < -0.4 is 0 Å². The summed E-state index contributed by atoms with van der Waals surface area (Å²) in [4.78, 5) is 0. The maximum atomic E-state index is 4.86. The van der Waals surface area contributed by atoms with Gasteiger partial charge in [0, 0.05) is 0 Å². The SMILES string of the molecule is S=S1C=CC=C1.c1cnnnc1. The lowest BCUT2D eigenvalue weighted by Crippen LogP contribution is -1.78. The standard InChI is InChI=1S/C4H4S2.C3H3N3/c5-6-3-1-2-4-6;1-2-4-6-5-3-1/h1-4H;1-3H. The molecular formula is C7H7N3S2. The zero-order valence-corrected chi connectivity index (χ0v) is 7.83. The largest absolute Gasteiger partial charge is 0.139 e. The molecule has 0 saturated heterocycles. The third-order valence-corrected chi connectivity index (χ3v) is 2.46. The van der Waals surface area contributed by atoms with Gasteiger partial charge >= 0.3 is 0 Å². The van der Waals surface area contributed by atoms with E-state index in [1.54, 1.807) is 18.5 Å². The van der Waals surface area contributed by atoms with Crippen molar-refractivity contribution in [1.82, 2.24) is 15.4 Å². The summed E-state index contributed by atoms with van der Waals surface area (Å²) in [5.74, 6) is 0. The van der Waals surface area contributed by atoms with Crippen LogP contribution in [-0.2, 0) is 20.6 Å². The molecule has 3 nitrogen and oxygen atoms in total. The van der Waals surface area contributed by atoms with Crippen molar-refractivity contribution in [2.75, 3.05) is 0 Å². The fraction of sp³-hybridized carbons (Fsp3) is 0. The minimum atomic E-state index is 0.0494. The van der Waals surface area contributed by atoms with Gasteiger partial charge in [-0.15, -0.1) is 10.2 Å². The van der Waals surface area contributed by atoms with Crippen LogP contribution in [0, 0.1) is 0 Å². The number of nitrogens with zero attached hydrogens (tertiary/aromatic N) is 3. The minimum absolute atomic E-state index is 0.0494. The van der Waals surface area contributed by atoms with E-state index in [9.17, 15) is 0 Å². The summed E-state index contributed by atoms with van der Waals surface area (Å²) in [7, 11) is 0.0494. The van der Waals surface area contributed by atoms with Gasteiger partial charge in [0.15, 0.2) is 0 Å². The maximum Gasteiger partial charge on any atom is 0.0529 e. The summed E-state index contributed by atoms with van der Waals surface area (Å²) in [5, 5.41) is 14.2. The van der Waals surface area contributed by atoms with E-state index in [1.165, 1.54) is 0 Å². The van der Waals surface area contributed by atoms with E-state index in [1.807, 2.05) is 23.0 Å². The lowest BCUT2D eigenvalue weighted by Gasteiger charge is -1.71. The van der Waals surface area contributed by atoms with Gasteiger partial charge in [-0.3, -0.25) is 0 Å². The monoisotopic (exact) mass is 197 g/mol. The normalized spacial score (nSPS) is 14.0. The molecular weight excluding hydrogens is 190 g/mol. The van der Waals surface area contributed by atoms with Gasteiger partial charge in [-0.2, -0.15) is 0 Å². The van der Waals surface area contributed by atoms with Gasteiger partial charge < -0.3 is 0 Å². The summed E-state index contributed by atoms with van der Waals surface area (Å²) in [6.07, 6.45) is 7.12. The van der Waals surface area contributed by atoms with Crippen LogP contribution in [0.1, 0.15) is 0 Å². The van der Waals surface area contributed by atoms with Gasteiger partial charge in [-0.25, -0.2) is 0 Å². The molecule has 0 fully saturated rings. The van der Waals surface area contributed by atoms with E-state index in [-0.39, 0.29) is 9.45 Å². The van der Waals surface area contributed by atoms with Gasteiger partial charge in [-0.1, -0.05) is 21.6 Å². The molecule has 0 N–H and O–H groups in total. The molecule has 12 heavy (non-hydrogen) atoms. The smallest absolute Gasteiger partial charge is 0.0529 e. The van der Waals surface area contributed by atoms with E-state index in [2.05, 4.69) is 15.4 Å². The highest BCUT2D eigenvalue weighted by Gasteiger charge is 1.81. The van der Waals surface area contributed by atoms with Crippen molar-refractivity contribution >= 4 is 20.6 Å². The van der Waals surface area contributed by atoms with Gasteiger partial charge in [0.2, 0.25) is 0 Å². The van der Waals surface area contributed by atoms with Gasteiger partial charge in [0.25, 0.3) is 0 Å². The molecule has 0 aliphatic carbocycles. The highest BCUT2D eigenvalue weighted by atomic mass is 32.8. The van der Waals surface area contributed by atoms with E-state index >= 15 is 0 Å². The van der Waals surface area contributed by atoms with Crippen LogP contribution in [0.2, 0.25) is 0 Å². The molecule has 1 aromatic heterocycles. The van der Waals surface area contributed by atoms with Gasteiger partial charge in [-0.05, 0) is 33.3 Å². The van der Waals surface area contributed by atoms with Crippen molar-refractivity contribution < 1.29 is 0 Å². The number of aromatic nitrogens is 3. The van der Waals surface area contributed by atoms with E-state index in [0.29, 0.717) is 0 Å². The Morgan fingerprint density at radius 3 is 1.75 bits per heavy atom. The van der Waals surface area contributed by atoms with E-state index in [0.717, 1.165) is 0 Å². The first kappa shape index (κ1) is 9.15. The fourth-order valence-corrected chi connectivity index (χ4v) is 1.46. The Morgan fingerprint density at radius 1 is 1.00 bits per heavy atom. The zero-order valence-electron chi connectivity index (χ0n) is 6.20. The molecule has 0 unspecified atom stereocenters. The Kier molecular flexibility index (Phi) is 4.33. The van der Waals surface area contributed by atoms with Crippen molar-refractivity contribution in [3.63, 3.8) is 0 Å². The van der Waals surface area contributed by atoms with Crippen molar-refractivity contribution in [3.05, 3.63) is 41.4 Å². The Labute approximate surface area is 77.8 Å². The Bertz CT molecular complexity index is 254. The molecule has 0 amide bonds. The lowest BCUT2D eigenvalue weighted by molar-refractivity contribution is 0.865. The molecule has 5 heteroatoms. The second kappa shape index (κ2) is 5.68. The van der Waals surface area contributed by atoms with Crippen LogP contribution in [0.3, 0.4) is 0 Å². The number of hydrogen-bond donors (Lipinski definition) is 0. The Balaban J connectivity index is 0.000000120. The number of hydrogen-bond acceptors (Lipinski definition) is 4. The highest BCUT2D eigenvalue weighted by molar-refractivity contribution is 8.32. The van der Waals surface area contributed by atoms with Crippen LogP contribution in [-0.4, -0.2) is 15.4 Å². The van der Waals surface area contributed by atoms with E-state index in [4.69, 9.17) is 11.2 Å². The maximum absolute atomic E-state index is 4.86. The predicted octanol–water partition coefficient (Wildman–Crippen LogP) is 0.979. The van der Waals surface area contributed by atoms with Crippen molar-refractivity contribution in [2.24, 2.45) is 0 Å². The van der Waals surface area contributed by atoms with Crippen LogP contribution in [0.4, 0.5) is 0 Å². The Hall–Kier alpha value is -0.940. The van der Waals surface area contributed by atoms with Gasteiger partial charge in [0.1, 0.15) is 0 Å². The van der Waals surface area contributed by atoms with Crippen molar-refractivity contribution in [1.29, 1.82) is 0 Å². The molecule has 62 valence electrons. The van der Waals surface area contributed by atoms with Crippen molar-refractivity contribution in [3.8, 4) is 0 Å². The molecule has 1 aromatic rings. The van der Waals surface area contributed by atoms with Crippen molar-refractivity contribution in [2.45, 2.75) is 0 Å². The second-order valence-corrected chi connectivity index (χ2v) is 4.15. The first-order valence-corrected chi connectivity index (χ1v) is 5.50. The number of allylic oxidation sites excluding steroid dienone is 2. The molecule has 0 aromatic carbocycles. The average molecular weight is 197 g/mol. The topological polar surface area (TPSA) is 38.7 Å². The summed E-state index contributed by atoms with van der Waals surface area (Å²) in [6, 6.07) is 1.72. The molecule has 2 rings (SSSR count). The average Bonchev–Trinajstić information content (AvgIpc) is 2.60. The lowest BCUT2D eigenvalue weighted by atomic mass is 10.6. The number of rotatable bonds is 0. The predicted molar refractivity (Wildman–Crippen MR) is 52.8 cm³/mol. The third-order valence-electron chi connectivity index (χ3n) is 0.945. The zero-order chi connectivity index (χ0) is 8.65. The highest BCUT2D eigenvalue weighted by Crippen LogP contribution is 1.96. The summed E-state index contributed by atoms with van der Waals surface area (Å²) < 4.78 is 0. The first-order valence-electron chi connectivity index (χ1n) is 3.22. The third kappa shape index (κ3) is 4.05. The molecule has 0 atom stereocenters. The molecule has 2 heterocycles. The van der Waals surface area contributed by atoms with E-state index < -0.39 is 0 Å². The Morgan fingerprint density at radius 2 is 1.58 bits per heavy atom.